The van der Waals surface area contributed by atoms with Gasteiger partial charge in [-0.1, -0.05) is 72.8 Å². The molecule has 0 radical (unpaired) electrons. The molecule has 0 saturated carbocycles. The second-order valence-corrected chi connectivity index (χ2v) is 12.6. The summed E-state index contributed by atoms with van der Waals surface area (Å²) in [6.45, 7) is 1.33. The molecule has 0 bridgehead atoms. The van der Waals surface area contributed by atoms with E-state index in [-0.39, 0.29) is 24.0 Å². The van der Waals surface area contributed by atoms with Gasteiger partial charge in [0, 0.05) is 26.2 Å². The Labute approximate surface area is 269 Å². The van der Waals surface area contributed by atoms with Crippen LogP contribution in [0.3, 0.4) is 0 Å². The van der Waals surface area contributed by atoms with Gasteiger partial charge in [-0.05, 0) is 53.1 Å². The molecular formula is C35H37N3O7S. The van der Waals surface area contributed by atoms with Crippen molar-refractivity contribution in [2.24, 2.45) is 0 Å². The summed E-state index contributed by atoms with van der Waals surface area (Å²) < 4.78 is 43.8. The Bertz CT molecular complexity index is 1680. The summed E-state index contributed by atoms with van der Waals surface area (Å²) in [5.41, 5.74) is 2.37. The van der Waals surface area contributed by atoms with Crippen molar-refractivity contribution in [1.82, 2.24) is 14.5 Å². The monoisotopic (exact) mass is 643 g/mol. The van der Waals surface area contributed by atoms with Crippen LogP contribution in [0.15, 0.2) is 114 Å². The van der Waals surface area contributed by atoms with Crippen molar-refractivity contribution in [2.75, 3.05) is 40.0 Å². The molecule has 11 heteroatoms. The summed E-state index contributed by atoms with van der Waals surface area (Å²) in [5, 5.41) is 3.00. The number of carbonyl (C=O) groups excluding carboxylic acids is 2. The number of methoxy groups -OCH3 is 1. The van der Waals surface area contributed by atoms with Crippen LogP contribution < -0.4 is 14.8 Å². The van der Waals surface area contributed by atoms with Gasteiger partial charge in [0.15, 0.2) is 6.61 Å². The maximum absolute atomic E-state index is 14.0. The quantitative estimate of drug-likeness (QED) is 0.233. The lowest BCUT2D eigenvalue weighted by Crippen LogP contribution is -2.45. The number of amides is 2. The topological polar surface area (TPSA) is 114 Å². The van der Waals surface area contributed by atoms with Crippen LogP contribution in [0.25, 0.3) is 0 Å². The average Bonchev–Trinajstić information content (AvgIpc) is 3.11. The minimum absolute atomic E-state index is 0.126. The summed E-state index contributed by atoms with van der Waals surface area (Å²) in [6, 6.07) is 31.0. The van der Waals surface area contributed by atoms with Crippen LogP contribution in [-0.2, 0) is 37.4 Å². The van der Waals surface area contributed by atoms with E-state index >= 15 is 0 Å². The number of nitrogens with one attached hydrogen (secondary N) is 1. The van der Waals surface area contributed by atoms with E-state index in [1.165, 1.54) is 33.5 Å². The first-order valence-corrected chi connectivity index (χ1v) is 16.4. The van der Waals surface area contributed by atoms with Gasteiger partial charge in [-0.3, -0.25) is 9.59 Å². The standard InChI is InChI=1S/C35H37N3O7S/c1-43-30-14-12-28(13-15-30)25-38(34(29-10-6-3-7-11-29)35(40)36-24-27-8-4-2-5-9-27)33(39)26-45-31-16-18-32(19-17-31)46(41,42)37-20-22-44-23-21-37/h2-19,34H,20-26H2,1H3,(H,36,40)/t34-/m0/s1. The first kappa shape index (κ1) is 32.7. The minimum Gasteiger partial charge on any atom is -0.497 e. The number of nitrogens with zero attached hydrogens (tertiary/aromatic N) is 2. The lowest BCUT2D eigenvalue weighted by atomic mass is 10.0. The lowest BCUT2D eigenvalue weighted by Gasteiger charge is -2.31. The zero-order valence-electron chi connectivity index (χ0n) is 25.6. The number of rotatable bonds is 13. The average molecular weight is 644 g/mol. The Morgan fingerprint density at radius 3 is 2.07 bits per heavy atom. The molecule has 1 saturated heterocycles. The molecule has 1 fully saturated rings. The van der Waals surface area contributed by atoms with Crippen LogP contribution in [0.1, 0.15) is 22.7 Å². The molecule has 0 spiro atoms. The molecule has 4 aromatic rings. The van der Waals surface area contributed by atoms with Crippen molar-refractivity contribution in [3.63, 3.8) is 0 Å². The highest BCUT2D eigenvalue weighted by atomic mass is 32.2. The van der Waals surface area contributed by atoms with Gasteiger partial charge in [0.2, 0.25) is 15.9 Å². The van der Waals surface area contributed by atoms with E-state index in [1.54, 1.807) is 19.2 Å². The van der Waals surface area contributed by atoms with E-state index in [0.717, 1.165) is 11.1 Å². The molecule has 1 atom stereocenters. The van der Waals surface area contributed by atoms with Gasteiger partial charge in [-0.25, -0.2) is 8.42 Å². The Kier molecular flexibility index (Phi) is 11.0. The normalized spacial score (nSPS) is 14.2. The zero-order valence-corrected chi connectivity index (χ0v) is 26.4. The fraction of sp³-hybridized carbons (Fsp3) is 0.257. The molecule has 5 rings (SSSR count). The first-order chi connectivity index (χ1) is 22.3. The second-order valence-electron chi connectivity index (χ2n) is 10.7. The number of ether oxygens (including phenoxy) is 3. The van der Waals surface area contributed by atoms with Gasteiger partial charge in [0.1, 0.15) is 17.5 Å². The van der Waals surface area contributed by atoms with Crippen LogP contribution >= 0.6 is 0 Å². The van der Waals surface area contributed by atoms with Crippen molar-refractivity contribution in [1.29, 1.82) is 0 Å². The molecule has 1 aliphatic heterocycles. The van der Waals surface area contributed by atoms with Gasteiger partial charge in [-0.2, -0.15) is 4.31 Å². The maximum Gasteiger partial charge on any atom is 0.261 e. The Morgan fingerprint density at radius 2 is 1.43 bits per heavy atom. The summed E-state index contributed by atoms with van der Waals surface area (Å²) in [7, 11) is -2.09. The highest BCUT2D eigenvalue weighted by molar-refractivity contribution is 7.89. The molecule has 1 aliphatic rings. The Balaban J connectivity index is 1.37. The zero-order chi connectivity index (χ0) is 32.4. The van der Waals surface area contributed by atoms with Crippen LogP contribution in [0.2, 0.25) is 0 Å². The molecule has 10 nitrogen and oxygen atoms in total. The molecule has 1 N–H and O–H groups in total. The molecule has 46 heavy (non-hydrogen) atoms. The van der Waals surface area contributed by atoms with Gasteiger partial charge in [0.05, 0.1) is 25.2 Å². The Hall–Kier alpha value is -4.71. The van der Waals surface area contributed by atoms with E-state index in [0.29, 0.717) is 49.9 Å². The summed E-state index contributed by atoms with van der Waals surface area (Å²) >= 11 is 0. The van der Waals surface area contributed by atoms with E-state index in [2.05, 4.69) is 5.32 Å². The molecule has 0 unspecified atom stereocenters. The summed E-state index contributed by atoms with van der Waals surface area (Å²) in [5.74, 6) is 0.229. The largest absolute Gasteiger partial charge is 0.497 e. The SMILES string of the molecule is COc1ccc(CN(C(=O)COc2ccc(S(=O)(=O)N3CCOCC3)cc2)[C@H](C(=O)NCc2ccccc2)c2ccccc2)cc1. The van der Waals surface area contributed by atoms with Crippen molar-refractivity contribution >= 4 is 21.8 Å². The third kappa shape index (κ3) is 8.30. The smallest absolute Gasteiger partial charge is 0.261 e. The number of sulfonamides is 1. The highest BCUT2D eigenvalue weighted by Gasteiger charge is 2.32. The lowest BCUT2D eigenvalue weighted by molar-refractivity contribution is -0.143. The van der Waals surface area contributed by atoms with Crippen molar-refractivity contribution in [3.05, 3.63) is 126 Å². The van der Waals surface area contributed by atoms with Gasteiger partial charge in [-0.15, -0.1) is 0 Å². The van der Waals surface area contributed by atoms with Gasteiger partial charge in [0.25, 0.3) is 5.91 Å². The molecule has 2 amide bonds. The Morgan fingerprint density at radius 1 is 0.826 bits per heavy atom. The van der Waals surface area contributed by atoms with E-state index in [4.69, 9.17) is 14.2 Å². The molecule has 0 aliphatic carbocycles. The van der Waals surface area contributed by atoms with E-state index < -0.39 is 22.0 Å². The predicted octanol–water partition coefficient (Wildman–Crippen LogP) is 4.18. The predicted molar refractivity (Wildman–Crippen MR) is 173 cm³/mol. The van der Waals surface area contributed by atoms with E-state index in [9.17, 15) is 18.0 Å². The molecular weight excluding hydrogens is 606 g/mol. The number of benzene rings is 4. The van der Waals surface area contributed by atoms with Crippen LogP contribution in [-0.4, -0.2) is 69.5 Å². The van der Waals surface area contributed by atoms with E-state index in [1.807, 2.05) is 72.8 Å². The van der Waals surface area contributed by atoms with Crippen LogP contribution in [0.4, 0.5) is 0 Å². The molecule has 4 aromatic carbocycles. The third-order valence-electron chi connectivity index (χ3n) is 7.61. The molecule has 0 aromatic heterocycles. The van der Waals surface area contributed by atoms with Crippen LogP contribution in [0.5, 0.6) is 11.5 Å². The first-order valence-electron chi connectivity index (χ1n) is 14.9. The van der Waals surface area contributed by atoms with Gasteiger partial charge < -0.3 is 24.4 Å². The molecule has 240 valence electrons. The maximum atomic E-state index is 14.0. The summed E-state index contributed by atoms with van der Waals surface area (Å²) in [4.78, 5) is 29.4. The fourth-order valence-electron chi connectivity index (χ4n) is 5.11. The summed E-state index contributed by atoms with van der Waals surface area (Å²) in [6.07, 6.45) is 0. The van der Waals surface area contributed by atoms with Gasteiger partial charge >= 0.3 is 0 Å². The number of hydrogen-bond acceptors (Lipinski definition) is 7. The number of morpholine rings is 1. The van der Waals surface area contributed by atoms with Crippen LogP contribution in [0, 0.1) is 0 Å². The fourth-order valence-corrected chi connectivity index (χ4v) is 6.52. The molecule has 1 heterocycles. The number of carbonyl (C=O) groups is 2. The second kappa shape index (κ2) is 15.5. The minimum atomic E-state index is -3.67. The third-order valence-corrected chi connectivity index (χ3v) is 9.52. The number of hydrogen-bond donors (Lipinski definition) is 1. The van der Waals surface area contributed by atoms with Crippen molar-refractivity contribution in [2.45, 2.75) is 24.0 Å². The van der Waals surface area contributed by atoms with Crippen molar-refractivity contribution in [3.8, 4) is 11.5 Å². The van der Waals surface area contributed by atoms with Crippen molar-refractivity contribution < 1.29 is 32.2 Å². The highest BCUT2D eigenvalue weighted by Crippen LogP contribution is 2.26.